The third-order valence-electron chi connectivity index (χ3n) is 2.10. The number of hydrogen-bond acceptors (Lipinski definition) is 5. The summed E-state index contributed by atoms with van der Waals surface area (Å²) in [4.78, 5) is 15.6. The number of carboxylic acid groups (broad SMARTS) is 1. The fourth-order valence-electron chi connectivity index (χ4n) is 1.24. The van der Waals surface area contributed by atoms with Gasteiger partial charge in [0.05, 0.1) is 5.56 Å². The van der Waals surface area contributed by atoms with Crippen molar-refractivity contribution in [2.24, 2.45) is 7.05 Å². The molecule has 0 amide bonds. The summed E-state index contributed by atoms with van der Waals surface area (Å²) in [6, 6.07) is 1.72. The summed E-state index contributed by atoms with van der Waals surface area (Å²) >= 11 is 1.26. The zero-order valence-electron chi connectivity index (χ0n) is 9.28. The van der Waals surface area contributed by atoms with Crippen LogP contribution in [0.4, 0.5) is 0 Å². The first-order chi connectivity index (χ1) is 8.08. The van der Waals surface area contributed by atoms with E-state index in [9.17, 15) is 4.79 Å². The summed E-state index contributed by atoms with van der Waals surface area (Å²) in [6.07, 6.45) is 2.92. The van der Waals surface area contributed by atoms with E-state index in [-0.39, 0.29) is 5.56 Å². The molecule has 17 heavy (non-hydrogen) atoms. The van der Waals surface area contributed by atoms with Crippen LogP contribution in [0, 0.1) is 6.92 Å². The molecule has 0 fully saturated rings. The van der Waals surface area contributed by atoms with Gasteiger partial charge in [-0.3, -0.25) is 4.98 Å². The molecule has 1 N–H and O–H groups in total. The molecule has 0 saturated carbocycles. The molecular formula is C10H10N4O2S. The van der Waals surface area contributed by atoms with Crippen LogP contribution in [0.25, 0.3) is 0 Å². The maximum Gasteiger partial charge on any atom is 0.338 e. The van der Waals surface area contributed by atoms with E-state index < -0.39 is 5.97 Å². The van der Waals surface area contributed by atoms with Crippen LogP contribution >= 0.6 is 11.8 Å². The Bertz CT molecular complexity index is 567. The second kappa shape index (κ2) is 4.54. The first-order valence-electron chi connectivity index (χ1n) is 4.79. The van der Waals surface area contributed by atoms with E-state index in [0.717, 1.165) is 5.69 Å². The molecule has 0 spiro atoms. The fourth-order valence-corrected chi connectivity index (χ4v) is 2.20. The molecule has 0 unspecified atom stereocenters. The zero-order chi connectivity index (χ0) is 12.4. The number of carbonyl (C=O) groups is 1. The lowest BCUT2D eigenvalue weighted by atomic mass is 10.2. The van der Waals surface area contributed by atoms with Gasteiger partial charge in [-0.1, -0.05) is 0 Å². The lowest BCUT2D eigenvalue weighted by Gasteiger charge is -2.05. The molecule has 0 aromatic carbocycles. The van der Waals surface area contributed by atoms with E-state index in [1.54, 1.807) is 24.0 Å². The molecule has 0 aliphatic rings. The molecular weight excluding hydrogens is 240 g/mol. The molecule has 0 bridgehead atoms. The van der Waals surface area contributed by atoms with Gasteiger partial charge in [-0.05, 0) is 24.8 Å². The number of hydrogen-bond donors (Lipinski definition) is 1. The van der Waals surface area contributed by atoms with Gasteiger partial charge in [-0.25, -0.2) is 4.79 Å². The number of nitrogens with zero attached hydrogens (tertiary/aromatic N) is 4. The average molecular weight is 250 g/mol. The van der Waals surface area contributed by atoms with Gasteiger partial charge < -0.3 is 9.67 Å². The van der Waals surface area contributed by atoms with Crippen LogP contribution in [0.1, 0.15) is 16.1 Å². The molecule has 0 aliphatic heterocycles. The number of aryl methyl sites for hydroxylation is 2. The SMILES string of the molecule is Cc1cc(Sc2nncn2C)c(C(=O)O)cn1. The summed E-state index contributed by atoms with van der Waals surface area (Å²) < 4.78 is 1.73. The zero-order valence-corrected chi connectivity index (χ0v) is 10.1. The Balaban J connectivity index is 2.41. The molecule has 2 rings (SSSR count). The number of pyridine rings is 1. The highest BCUT2D eigenvalue weighted by molar-refractivity contribution is 7.99. The Morgan fingerprint density at radius 3 is 2.88 bits per heavy atom. The molecule has 2 aromatic heterocycles. The van der Waals surface area contributed by atoms with Gasteiger partial charge in [0.25, 0.3) is 0 Å². The Labute approximate surface area is 102 Å². The predicted molar refractivity (Wildman–Crippen MR) is 61.1 cm³/mol. The van der Waals surface area contributed by atoms with Crippen molar-refractivity contribution in [3.8, 4) is 0 Å². The smallest absolute Gasteiger partial charge is 0.338 e. The van der Waals surface area contributed by atoms with Crippen LogP contribution in [0.2, 0.25) is 0 Å². The van der Waals surface area contributed by atoms with Crippen molar-refractivity contribution in [2.75, 3.05) is 0 Å². The van der Waals surface area contributed by atoms with Crippen molar-refractivity contribution in [3.05, 3.63) is 29.8 Å². The predicted octanol–water partition coefficient (Wildman–Crippen LogP) is 1.37. The first kappa shape index (κ1) is 11.6. The molecule has 2 aromatic rings. The first-order valence-corrected chi connectivity index (χ1v) is 5.61. The van der Waals surface area contributed by atoms with E-state index in [1.165, 1.54) is 18.0 Å². The number of rotatable bonds is 3. The van der Waals surface area contributed by atoms with Gasteiger partial charge >= 0.3 is 5.97 Å². The highest BCUT2D eigenvalue weighted by Gasteiger charge is 2.14. The van der Waals surface area contributed by atoms with Gasteiger partial charge in [-0.2, -0.15) is 0 Å². The Morgan fingerprint density at radius 2 is 2.29 bits per heavy atom. The Morgan fingerprint density at radius 1 is 1.53 bits per heavy atom. The van der Waals surface area contributed by atoms with Crippen LogP contribution in [0.5, 0.6) is 0 Å². The normalized spacial score (nSPS) is 10.5. The maximum atomic E-state index is 11.1. The largest absolute Gasteiger partial charge is 0.478 e. The summed E-state index contributed by atoms with van der Waals surface area (Å²) in [6.45, 7) is 1.81. The minimum atomic E-state index is -0.998. The summed E-state index contributed by atoms with van der Waals surface area (Å²) in [7, 11) is 1.80. The average Bonchev–Trinajstić information content (AvgIpc) is 2.64. The van der Waals surface area contributed by atoms with Crippen LogP contribution in [0.15, 0.2) is 28.6 Å². The second-order valence-electron chi connectivity index (χ2n) is 3.45. The molecule has 2 heterocycles. The van der Waals surface area contributed by atoms with E-state index in [1.807, 2.05) is 6.92 Å². The van der Waals surface area contributed by atoms with Gasteiger partial charge in [0.2, 0.25) is 0 Å². The van der Waals surface area contributed by atoms with Crippen molar-refractivity contribution in [3.63, 3.8) is 0 Å². The fraction of sp³-hybridized carbons (Fsp3) is 0.200. The third kappa shape index (κ3) is 2.44. The third-order valence-corrected chi connectivity index (χ3v) is 3.21. The highest BCUT2D eigenvalue weighted by Crippen LogP contribution is 2.28. The molecule has 7 heteroatoms. The lowest BCUT2D eigenvalue weighted by Crippen LogP contribution is -2.01. The van der Waals surface area contributed by atoms with Crippen molar-refractivity contribution < 1.29 is 9.90 Å². The second-order valence-corrected chi connectivity index (χ2v) is 4.46. The van der Waals surface area contributed by atoms with E-state index in [0.29, 0.717) is 10.1 Å². The molecule has 88 valence electrons. The number of aromatic carboxylic acids is 1. The van der Waals surface area contributed by atoms with Gasteiger partial charge in [-0.15, -0.1) is 10.2 Å². The van der Waals surface area contributed by atoms with E-state index in [4.69, 9.17) is 5.11 Å². The van der Waals surface area contributed by atoms with E-state index in [2.05, 4.69) is 15.2 Å². The quantitative estimate of drug-likeness (QED) is 0.886. The van der Waals surface area contributed by atoms with Crippen LogP contribution in [-0.2, 0) is 7.05 Å². The monoisotopic (exact) mass is 250 g/mol. The van der Waals surface area contributed by atoms with Crippen molar-refractivity contribution in [2.45, 2.75) is 17.0 Å². The molecule has 0 atom stereocenters. The molecule has 0 saturated heterocycles. The van der Waals surface area contributed by atoms with Crippen LogP contribution in [-0.4, -0.2) is 30.8 Å². The van der Waals surface area contributed by atoms with Gasteiger partial charge in [0.15, 0.2) is 5.16 Å². The number of aromatic nitrogens is 4. The summed E-state index contributed by atoms with van der Waals surface area (Å²) in [5.74, 6) is -0.998. The van der Waals surface area contributed by atoms with Crippen molar-refractivity contribution in [1.82, 2.24) is 19.7 Å². The maximum absolute atomic E-state index is 11.1. The minimum Gasteiger partial charge on any atom is -0.478 e. The minimum absolute atomic E-state index is 0.170. The lowest BCUT2D eigenvalue weighted by molar-refractivity contribution is 0.0692. The standard InChI is InChI=1S/C10H10N4O2S/c1-6-3-8(7(4-11-6)9(15)16)17-10-13-12-5-14(10)2/h3-5H,1-2H3,(H,15,16). The molecule has 0 aliphatic carbocycles. The van der Waals surface area contributed by atoms with Gasteiger partial charge in [0.1, 0.15) is 6.33 Å². The Kier molecular flexibility index (Phi) is 3.10. The molecule has 0 radical (unpaired) electrons. The molecule has 6 nitrogen and oxygen atoms in total. The van der Waals surface area contributed by atoms with Crippen LogP contribution in [0.3, 0.4) is 0 Å². The summed E-state index contributed by atoms with van der Waals surface area (Å²) in [5.41, 5.74) is 0.934. The number of carboxylic acids is 1. The topological polar surface area (TPSA) is 80.9 Å². The summed E-state index contributed by atoms with van der Waals surface area (Å²) in [5, 5.41) is 17.3. The van der Waals surface area contributed by atoms with Crippen molar-refractivity contribution >= 4 is 17.7 Å². The van der Waals surface area contributed by atoms with Crippen molar-refractivity contribution in [1.29, 1.82) is 0 Å². The Hall–Kier alpha value is -1.89. The van der Waals surface area contributed by atoms with E-state index >= 15 is 0 Å². The van der Waals surface area contributed by atoms with Gasteiger partial charge in [0, 0.05) is 23.8 Å². The highest BCUT2D eigenvalue weighted by atomic mass is 32.2. The van der Waals surface area contributed by atoms with Crippen LogP contribution < -0.4 is 0 Å².